The highest BCUT2D eigenvalue weighted by Crippen LogP contribution is 2.28. The molecule has 2 aromatic heterocycles. The first-order chi connectivity index (χ1) is 15.0. The maximum absolute atomic E-state index is 12.3. The fourth-order valence-corrected chi connectivity index (χ4v) is 4.48. The standard InChI is InChI=1S/C23H33N7O/c1-3-8-19(31)28-18-10-5-6-11-23(18,24)30-20-15(4-2)13-26-22(29-20)17-14-27-21-16(17)9-7-12-25-21/h7,9,12,14,18,30H,3-6,8,10-11,13,24H2,1-2H3,(H,25,27)(H,26,29)(H,28,31)/t18-,23-/m1/s1. The van der Waals surface area contributed by atoms with Crippen LogP contribution in [0.5, 0.6) is 0 Å². The second kappa shape index (κ2) is 9.09. The van der Waals surface area contributed by atoms with Crippen LogP contribution in [0.4, 0.5) is 0 Å². The molecule has 2 aliphatic rings. The number of nitrogens with two attached hydrogens (primary N) is 1. The van der Waals surface area contributed by atoms with Crippen LogP contribution in [0.15, 0.2) is 40.9 Å². The van der Waals surface area contributed by atoms with Crippen molar-refractivity contribution in [2.24, 2.45) is 10.7 Å². The van der Waals surface area contributed by atoms with Gasteiger partial charge < -0.3 is 26.7 Å². The number of H-pyrrole nitrogens is 1. The summed E-state index contributed by atoms with van der Waals surface area (Å²) in [6.07, 6.45) is 9.68. The Balaban J connectivity index is 1.62. The molecule has 6 N–H and O–H groups in total. The van der Waals surface area contributed by atoms with Crippen molar-refractivity contribution in [2.45, 2.75) is 70.5 Å². The number of aromatic amines is 1. The minimum Gasteiger partial charge on any atom is -0.366 e. The van der Waals surface area contributed by atoms with Gasteiger partial charge in [0.2, 0.25) is 5.91 Å². The fraction of sp³-hybridized carbons (Fsp3) is 0.522. The average molecular weight is 424 g/mol. The summed E-state index contributed by atoms with van der Waals surface area (Å²) in [5, 5.41) is 11.2. The molecule has 8 heteroatoms. The molecule has 1 aliphatic carbocycles. The molecule has 2 atom stereocenters. The van der Waals surface area contributed by atoms with Crippen molar-refractivity contribution in [1.82, 2.24) is 25.9 Å². The first-order valence-electron chi connectivity index (χ1n) is 11.4. The van der Waals surface area contributed by atoms with Crippen LogP contribution >= 0.6 is 0 Å². The van der Waals surface area contributed by atoms with Gasteiger partial charge in [0.25, 0.3) is 0 Å². The molecular formula is C23H33N7O. The zero-order valence-corrected chi connectivity index (χ0v) is 18.4. The summed E-state index contributed by atoms with van der Waals surface area (Å²) in [4.78, 5) is 24.8. The molecule has 1 fully saturated rings. The zero-order valence-electron chi connectivity index (χ0n) is 18.4. The summed E-state index contributed by atoms with van der Waals surface area (Å²) in [5.74, 6) is 1.68. The number of aromatic nitrogens is 2. The Hall–Kier alpha value is -2.87. The molecule has 0 unspecified atom stereocenters. The maximum atomic E-state index is 12.3. The highest BCUT2D eigenvalue weighted by molar-refractivity contribution is 6.09. The fourth-order valence-electron chi connectivity index (χ4n) is 4.48. The smallest absolute Gasteiger partial charge is 0.220 e. The van der Waals surface area contributed by atoms with Crippen LogP contribution in [0.25, 0.3) is 11.0 Å². The molecule has 4 rings (SSSR count). The van der Waals surface area contributed by atoms with Crippen LogP contribution in [0.2, 0.25) is 0 Å². The van der Waals surface area contributed by atoms with Crippen molar-refractivity contribution in [3.63, 3.8) is 0 Å². The van der Waals surface area contributed by atoms with Gasteiger partial charge in [-0.15, -0.1) is 0 Å². The summed E-state index contributed by atoms with van der Waals surface area (Å²) in [6, 6.07) is 3.85. The van der Waals surface area contributed by atoms with Crippen LogP contribution < -0.4 is 21.7 Å². The number of carbonyl (C=O) groups excluding carboxylic acids is 1. The average Bonchev–Trinajstić information content (AvgIpc) is 3.20. The van der Waals surface area contributed by atoms with Crippen LogP contribution in [-0.2, 0) is 4.79 Å². The lowest BCUT2D eigenvalue weighted by molar-refractivity contribution is -0.122. The van der Waals surface area contributed by atoms with E-state index in [0.29, 0.717) is 13.0 Å². The third kappa shape index (κ3) is 4.44. The van der Waals surface area contributed by atoms with Crippen molar-refractivity contribution in [3.8, 4) is 0 Å². The van der Waals surface area contributed by atoms with Gasteiger partial charge in [-0.2, -0.15) is 0 Å². The number of amidine groups is 1. The number of hydrogen-bond donors (Lipinski definition) is 5. The van der Waals surface area contributed by atoms with E-state index in [-0.39, 0.29) is 11.9 Å². The topological polar surface area (TPSA) is 120 Å². The third-order valence-corrected chi connectivity index (χ3v) is 6.28. The molecule has 3 heterocycles. The number of nitrogens with zero attached hydrogens (tertiary/aromatic N) is 2. The minimum absolute atomic E-state index is 0.0662. The number of aliphatic imine (C=N–C) groups is 1. The highest BCUT2D eigenvalue weighted by atomic mass is 16.1. The molecular weight excluding hydrogens is 390 g/mol. The lowest BCUT2D eigenvalue weighted by Crippen LogP contribution is -2.67. The number of fused-ring (bicyclic) bond motifs is 1. The Morgan fingerprint density at radius 1 is 1.35 bits per heavy atom. The number of hydrogen-bond acceptors (Lipinski definition) is 6. The first-order valence-corrected chi connectivity index (χ1v) is 11.4. The van der Waals surface area contributed by atoms with Gasteiger partial charge in [-0.1, -0.05) is 20.3 Å². The number of pyridine rings is 1. The lowest BCUT2D eigenvalue weighted by atomic mass is 9.84. The lowest BCUT2D eigenvalue weighted by Gasteiger charge is -2.43. The Morgan fingerprint density at radius 3 is 3.03 bits per heavy atom. The van der Waals surface area contributed by atoms with E-state index in [2.05, 4.69) is 32.8 Å². The molecule has 0 radical (unpaired) electrons. The number of amides is 1. The van der Waals surface area contributed by atoms with E-state index in [0.717, 1.165) is 66.8 Å². The Labute approximate surface area is 183 Å². The molecule has 8 nitrogen and oxygen atoms in total. The second-order valence-electron chi connectivity index (χ2n) is 8.50. The highest BCUT2D eigenvalue weighted by Gasteiger charge is 2.39. The number of nitrogens with one attached hydrogen (secondary N) is 4. The van der Waals surface area contributed by atoms with Gasteiger partial charge in [0.05, 0.1) is 6.04 Å². The molecule has 1 aliphatic heterocycles. The number of rotatable bonds is 7. The van der Waals surface area contributed by atoms with Crippen LogP contribution in [0.1, 0.15) is 64.4 Å². The van der Waals surface area contributed by atoms with Crippen molar-refractivity contribution >= 4 is 22.8 Å². The SMILES string of the molecule is CCCC(=O)N[C@@H]1CCCC[C@@]1(N)NC1=C(CC)CNC(c2c[nH]c3ncccc23)=N1. The molecule has 2 aromatic rings. The second-order valence-corrected chi connectivity index (χ2v) is 8.50. The van der Waals surface area contributed by atoms with E-state index in [9.17, 15) is 4.79 Å². The quantitative estimate of drug-likeness (QED) is 0.439. The summed E-state index contributed by atoms with van der Waals surface area (Å²) in [6.45, 7) is 4.84. The maximum Gasteiger partial charge on any atom is 0.220 e. The summed E-state index contributed by atoms with van der Waals surface area (Å²) in [7, 11) is 0. The number of carbonyl (C=O) groups is 1. The molecule has 1 amide bonds. The van der Waals surface area contributed by atoms with Crippen LogP contribution in [0.3, 0.4) is 0 Å². The predicted octanol–water partition coefficient (Wildman–Crippen LogP) is 2.64. The zero-order chi connectivity index (χ0) is 21.8. The van der Waals surface area contributed by atoms with Gasteiger partial charge in [0.1, 0.15) is 23.0 Å². The van der Waals surface area contributed by atoms with Gasteiger partial charge in [-0.3, -0.25) is 4.79 Å². The van der Waals surface area contributed by atoms with Crippen molar-refractivity contribution in [1.29, 1.82) is 0 Å². The molecule has 1 saturated carbocycles. The van der Waals surface area contributed by atoms with E-state index >= 15 is 0 Å². The summed E-state index contributed by atoms with van der Waals surface area (Å²) in [5.41, 5.74) is 9.17. The van der Waals surface area contributed by atoms with E-state index in [1.807, 2.05) is 25.3 Å². The summed E-state index contributed by atoms with van der Waals surface area (Å²) >= 11 is 0. The molecule has 0 spiro atoms. The molecule has 0 saturated heterocycles. The van der Waals surface area contributed by atoms with Gasteiger partial charge in [-0.25, -0.2) is 9.98 Å². The van der Waals surface area contributed by atoms with Gasteiger partial charge in [0.15, 0.2) is 0 Å². The monoisotopic (exact) mass is 423 g/mol. The largest absolute Gasteiger partial charge is 0.366 e. The van der Waals surface area contributed by atoms with Gasteiger partial charge >= 0.3 is 0 Å². The van der Waals surface area contributed by atoms with E-state index in [1.54, 1.807) is 6.20 Å². The molecule has 166 valence electrons. The Bertz CT molecular complexity index is 1010. The third-order valence-electron chi connectivity index (χ3n) is 6.28. The Kier molecular flexibility index (Phi) is 6.27. The minimum atomic E-state index is -0.717. The molecule has 0 bridgehead atoms. The molecule has 31 heavy (non-hydrogen) atoms. The van der Waals surface area contributed by atoms with Crippen molar-refractivity contribution in [3.05, 3.63) is 41.5 Å². The van der Waals surface area contributed by atoms with E-state index in [1.165, 1.54) is 5.57 Å². The van der Waals surface area contributed by atoms with Crippen LogP contribution in [0, 0.1) is 0 Å². The van der Waals surface area contributed by atoms with Crippen LogP contribution in [-0.4, -0.2) is 40.0 Å². The van der Waals surface area contributed by atoms with E-state index < -0.39 is 5.66 Å². The van der Waals surface area contributed by atoms with Gasteiger partial charge in [-0.05, 0) is 49.8 Å². The summed E-state index contributed by atoms with van der Waals surface area (Å²) < 4.78 is 0. The van der Waals surface area contributed by atoms with E-state index in [4.69, 9.17) is 10.7 Å². The van der Waals surface area contributed by atoms with Gasteiger partial charge in [0, 0.05) is 36.3 Å². The normalized spacial score (nSPS) is 24.0. The van der Waals surface area contributed by atoms with Crippen molar-refractivity contribution < 1.29 is 4.79 Å². The predicted molar refractivity (Wildman–Crippen MR) is 123 cm³/mol. The first kappa shape index (κ1) is 21.4. The Morgan fingerprint density at radius 2 is 2.23 bits per heavy atom. The van der Waals surface area contributed by atoms with Crippen molar-refractivity contribution in [2.75, 3.05) is 6.54 Å². The molecule has 0 aromatic carbocycles.